The maximum atomic E-state index is 5.22. The van der Waals surface area contributed by atoms with Gasteiger partial charge in [0.25, 0.3) is 0 Å². The van der Waals surface area contributed by atoms with Crippen LogP contribution in [-0.2, 0) is 4.74 Å². The van der Waals surface area contributed by atoms with E-state index in [0.29, 0.717) is 5.92 Å². The highest BCUT2D eigenvalue weighted by Gasteiger charge is 2.09. The summed E-state index contributed by atoms with van der Waals surface area (Å²) < 4.78 is 5.22. The van der Waals surface area contributed by atoms with Gasteiger partial charge in [0, 0.05) is 19.6 Å². The molecule has 1 N–H and O–H groups in total. The molecule has 0 amide bonds. The smallest absolute Gasteiger partial charge is 0.0543 e. The zero-order valence-electron chi connectivity index (χ0n) is 8.99. The van der Waals surface area contributed by atoms with E-state index < -0.39 is 0 Å². The first kappa shape index (κ1) is 11.2. The number of hydrogen-bond acceptors (Lipinski definition) is 2. The van der Waals surface area contributed by atoms with Gasteiger partial charge in [0.05, 0.1) is 6.61 Å². The summed E-state index contributed by atoms with van der Waals surface area (Å²) in [5.41, 5.74) is 1.34. The van der Waals surface area contributed by atoms with Crippen LogP contribution in [0.3, 0.4) is 0 Å². The molecule has 1 aromatic carbocycles. The van der Waals surface area contributed by atoms with Gasteiger partial charge in [0.1, 0.15) is 0 Å². The Hall–Kier alpha value is -0.860. The number of ether oxygens (including phenoxy) is 1. The lowest BCUT2D eigenvalue weighted by Gasteiger charge is -2.16. The molecule has 14 heavy (non-hydrogen) atoms. The summed E-state index contributed by atoms with van der Waals surface area (Å²) in [6.45, 7) is 4.88. The van der Waals surface area contributed by atoms with Crippen LogP contribution in [0.4, 0.5) is 0 Å². The zero-order chi connectivity index (χ0) is 10.2. The van der Waals surface area contributed by atoms with E-state index in [1.54, 1.807) is 7.11 Å². The van der Waals surface area contributed by atoms with Crippen molar-refractivity contribution >= 4 is 0 Å². The predicted octanol–water partition coefficient (Wildman–Crippen LogP) is 2.03. The minimum atomic E-state index is 0.459. The molecule has 0 aromatic heterocycles. The Bertz CT molecular complexity index is 235. The third-order valence-electron chi connectivity index (χ3n) is 2.28. The SMILES string of the molecule is CCNCC(COC)c1ccccc1. The number of hydrogen-bond donors (Lipinski definition) is 1. The van der Waals surface area contributed by atoms with Gasteiger partial charge < -0.3 is 10.1 Å². The van der Waals surface area contributed by atoms with Gasteiger partial charge in [-0.25, -0.2) is 0 Å². The van der Waals surface area contributed by atoms with Crippen LogP contribution in [0.25, 0.3) is 0 Å². The Labute approximate surface area is 86.3 Å². The fourth-order valence-electron chi connectivity index (χ4n) is 1.52. The lowest BCUT2D eigenvalue weighted by Crippen LogP contribution is -2.24. The van der Waals surface area contributed by atoms with Gasteiger partial charge in [-0.3, -0.25) is 0 Å². The Morgan fingerprint density at radius 2 is 2.00 bits per heavy atom. The molecular weight excluding hydrogens is 174 g/mol. The average molecular weight is 193 g/mol. The minimum absolute atomic E-state index is 0.459. The lowest BCUT2D eigenvalue weighted by molar-refractivity contribution is 0.178. The molecule has 2 heteroatoms. The van der Waals surface area contributed by atoms with E-state index in [0.717, 1.165) is 19.7 Å². The first-order valence-corrected chi connectivity index (χ1v) is 5.13. The van der Waals surface area contributed by atoms with E-state index in [-0.39, 0.29) is 0 Å². The van der Waals surface area contributed by atoms with Crippen molar-refractivity contribution in [3.8, 4) is 0 Å². The van der Waals surface area contributed by atoms with Crippen LogP contribution in [-0.4, -0.2) is 26.8 Å². The van der Waals surface area contributed by atoms with Crippen molar-refractivity contribution in [2.45, 2.75) is 12.8 Å². The Morgan fingerprint density at radius 3 is 2.57 bits per heavy atom. The van der Waals surface area contributed by atoms with E-state index in [9.17, 15) is 0 Å². The third kappa shape index (κ3) is 3.48. The minimum Gasteiger partial charge on any atom is -0.384 e. The second kappa shape index (κ2) is 6.57. The summed E-state index contributed by atoms with van der Waals surface area (Å²) in [6, 6.07) is 10.5. The molecule has 1 atom stereocenters. The molecule has 1 rings (SSSR count). The van der Waals surface area contributed by atoms with Gasteiger partial charge in [-0.05, 0) is 12.1 Å². The van der Waals surface area contributed by atoms with Crippen molar-refractivity contribution in [1.29, 1.82) is 0 Å². The first-order valence-electron chi connectivity index (χ1n) is 5.13. The van der Waals surface area contributed by atoms with Crippen molar-refractivity contribution < 1.29 is 4.74 Å². The maximum Gasteiger partial charge on any atom is 0.0543 e. The number of benzene rings is 1. The standard InChI is InChI=1S/C12H19NO/c1-3-13-9-12(10-14-2)11-7-5-4-6-8-11/h4-8,12-13H,3,9-10H2,1-2H3. The fourth-order valence-corrected chi connectivity index (χ4v) is 1.52. The first-order chi connectivity index (χ1) is 6.88. The van der Waals surface area contributed by atoms with Gasteiger partial charge in [-0.1, -0.05) is 37.3 Å². The molecule has 0 fully saturated rings. The van der Waals surface area contributed by atoms with E-state index >= 15 is 0 Å². The monoisotopic (exact) mass is 193 g/mol. The Morgan fingerprint density at radius 1 is 1.29 bits per heavy atom. The molecule has 0 aliphatic heterocycles. The molecule has 2 nitrogen and oxygen atoms in total. The van der Waals surface area contributed by atoms with Gasteiger partial charge in [-0.2, -0.15) is 0 Å². The van der Waals surface area contributed by atoms with Crippen molar-refractivity contribution in [2.24, 2.45) is 0 Å². The Balaban J connectivity index is 2.58. The topological polar surface area (TPSA) is 21.3 Å². The molecule has 0 heterocycles. The van der Waals surface area contributed by atoms with Gasteiger partial charge >= 0.3 is 0 Å². The van der Waals surface area contributed by atoms with Crippen LogP contribution >= 0.6 is 0 Å². The van der Waals surface area contributed by atoms with Crippen LogP contribution in [0.5, 0.6) is 0 Å². The zero-order valence-corrected chi connectivity index (χ0v) is 8.99. The van der Waals surface area contributed by atoms with E-state index in [1.165, 1.54) is 5.56 Å². The number of likely N-dealkylation sites (N-methyl/N-ethyl adjacent to an activating group) is 1. The summed E-state index contributed by atoms with van der Waals surface area (Å²) in [4.78, 5) is 0. The Kier molecular flexibility index (Phi) is 5.27. The normalized spacial score (nSPS) is 12.7. The molecule has 0 saturated carbocycles. The predicted molar refractivity (Wildman–Crippen MR) is 59.6 cm³/mol. The maximum absolute atomic E-state index is 5.22. The van der Waals surface area contributed by atoms with Crippen molar-refractivity contribution in [1.82, 2.24) is 5.32 Å². The van der Waals surface area contributed by atoms with Crippen molar-refractivity contribution in [3.05, 3.63) is 35.9 Å². The molecule has 0 radical (unpaired) electrons. The number of methoxy groups -OCH3 is 1. The molecule has 0 saturated heterocycles. The summed E-state index contributed by atoms with van der Waals surface area (Å²) in [5, 5.41) is 3.35. The highest BCUT2D eigenvalue weighted by atomic mass is 16.5. The summed E-state index contributed by atoms with van der Waals surface area (Å²) >= 11 is 0. The van der Waals surface area contributed by atoms with Gasteiger partial charge in [0.2, 0.25) is 0 Å². The largest absolute Gasteiger partial charge is 0.384 e. The van der Waals surface area contributed by atoms with Crippen LogP contribution in [0.2, 0.25) is 0 Å². The molecular formula is C12H19NO. The highest BCUT2D eigenvalue weighted by molar-refractivity contribution is 5.19. The lowest BCUT2D eigenvalue weighted by atomic mass is 10.0. The highest BCUT2D eigenvalue weighted by Crippen LogP contribution is 2.14. The molecule has 1 aromatic rings. The van der Waals surface area contributed by atoms with Crippen molar-refractivity contribution in [3.63, 3.8) is 0 Å². The second-order valence-corrected chi connectivity index (χ2v) is 3.37. The van der Waals surface area contributed by atoms with Gasteiger partial charge in [0.15, 0.2) is 0 Å². The third-order valence-corrected chi connectivity index (χ3v) is 2.28. The van der Waals surface area contributed by atoms with E-state index in [4.69, 9.17) is 4.74 Å². The second-order valence-electron chi connectivity index (χ2n) is 3.37. The summed E-state index contributed by atoms with van der Waals surface area (Å²) in [5.74, 6) is 0.459. The quantitative estimate of drug-likeness (QED) is 0.746. The van der Waals surface area contributed by atoms with Crippen LogP contribution in [0.15, 0.2) is 30.3 Å². The fraction of sp³-hybridized carbons (Fsp3) is 0.500. The molecule has 78 valence electrons. The average Bonchev–Trinajstić information content (AvgIpc) is 2.25. The van der Waals surface area contributed by atoms with Crippen LogP contribution < -0.4 is 5.32 Å². The summed E-state index contributed by atoms with van der Waals surface area (Å²) in [6.07, 6.45) is 0. The van der Waals surface area contributed by atoms with Crippen LogP contribution in [0.1, 0.15) is 18.4 Å². The number of nitrogens with one attached hydrogen (secondary N) is 1. The molecule has 0 bridgehead atoms. The number of rotatable bonds is 6. The summed E-state index contributed by atoms with van der Waals surface area (Å²) in [7, 11) is 1.75. The molecule has 1 unspecified atom stereocenters. The molecule has 0 spiro atoms. The molecule has 0 aliphatic rings. The van der Waals surface area contributed by atoms with E-state index in [1.807, 2.05) is 6.07 Å². The van der Waals surface area contributed by atoms with E-state index in [2.05, 4.69) is 36.5 Å². The van der Waals surface area contributed by atoms with Crippen LogP contribution in [0, 0.1) is 0 Å². The van der Waals surface area contributed by atoms with Gasteiger partial charge in [-0.15, -0.1) is 0 Å². The molecule has 0 aliphatic carbocycles. The van der Waals surface area contributed by atoms with Crippen molar-refractivity contribution in [2.75, 3.05) is 26.8 Å².